The molecule has 2 atom stereocenters. The van der Waals surface area contributed by atoms with Crippen molar-refractivity contribution < 1.29 is 9.59 Å². The van der Waals surface area contributed by atoms with E-state index in [-0.39, 0.29) is 23.9 Å². The molecule has 2 fully saturated rings. The van der Waals surface area contributed by atoms with E-state index >= 15 is 0 Å². The quantitative estimate of drug-likeness (QED) is 0.763. The zero-order chi connectivity index (χ0) is 20.8. The smallest absolute Gasteiger partial charge is 0.239 e. The van der Waals surface area contributed by atoms with Crippen LogP contribution in [0, 0.1) is 5.92 Å². The summed E-state index contributed by atoms with van der Waals surface area (Å²) in [5.41, 5.74) is 2.45. The molecule has 2 amide bonds. The van der Waals surface area contributed by atoms with E-state index in [4.69, 9.17) is 0 Å². The Kier molecular flexibility index (Phi) is 7.70. The molecule has 0 radical (unpaired) electrons. The first-order valence-electron chi connectivity index (χ1n) is 11.3. The van der Waals surface area contributed by atoms with Crippen molar-refractivity contribution in [2.24, 2.45) is 5.92 Å². The number of amides is 2. The van der Waals surface area contributed by atoms with E-state index < -0.39 is 0 Å². The van der Waals surface area contributed by atoms with Gasteiger partial charge in [0, 0.05) is 13.1 Å². The molecular weight excluding hydrogens is 362 g/mol. The molecule has 2 aliphatic rings. The van der Waals surface area contributed by atoms with Crippen LogP contribution >= 0.6 is 0 Å². The summed E-state index contributed by atoms with van der Waals surface area (Å²) in [6, 6.07) is 8.39. The fourth-order valence-electron chi connectivity index (χ4n) is 4.58. The first-order valence-corrected chi connectivity index (χ1v) is 11.3. The number of nitrogens with one attached hydrogen (secondary N) is 1. The van der Waals surface area contributed by atoms with E-state index in [1.165, 1.54) is 5.56 Å². The summed E-state index contributed by atoms with van der Waals surface area (Å²) < 4.78 is 0. The summed E-state index contributed by atoms with van der Waals surface area (Å²) in [7, 11) is 0. The molecule has 0 saturated carbocycles. The third-order valence-corrected chi connectivity index (χ3v) is 6.16. The lowest BCUT2D eigenvalue weighted by Crippen LogP contribution is -2.53. The molecule has 1 aromatic carbocycles. The van der Waals surface area contributed by atoms with Gasteiger partial charge in [-0.3, -0.25) is 14.5 Å². The second-order valence-corrected chi connectivity index (χ2v) is 9.14. The zero-order valence-electron chi connectivity index (χ0n) is 18.3. The summed E-state index contributed by atoms with van der Waals surface area (Å²) in [4.78, 5) is 29.7. The normalized spacial score (nSPS) is 21.4. The molecule has 0 spiro atoms. The molecule has 2 aliphatic heterocycles. The Bertz CT molecular complexity index is 680. The molecule has 0 aliphatic carbocycles. The van der Waals surface area contributed by atoms with Gasteiger partial charge in [-0.25, -0.2) is 0 Å². The van der Waals surface area contributed by atoms with Gasteiger partial charge in [-0.05, 0) is 62.6 Å². The average molecular weight is 400 g/mol. The van der Waals surface area contributed by atoms with Crippen molar-refractivity contribution in [2.45, 2.75) is 71.4 Å². The van der Waals surface area contributed by atoms with Crippen LogP contribution in [0.5, 0.6) is 0 Å². The highest BCUT2D eigenvalue weighted by molar-refractivity contribution is 5.84. The predicted molar refractivity (Wildman–Crippen MR) is 117 cm³/mol. The van der Waals surface area contributed by atoms with Crippen LogP contribution in [0.3, 0.4) is 0 Å². The minimum atomic E-state index is -0.127. The maximum atomic E-state index is 12.9. The van der Waals surface area contributed by atoms with Crippen LogP contribution in [0.1, 0.15) is 70.0 Å². The summed E-state index contributed by atoms with van der Waals surface area (Å²) in [6.07, 6.45) is 6.28. The second-order valence-electron chi connectivity index (χ2n) is 9.14. The van der Waals surface area contributed by atoms with Gasteiger partial charge in [0.05, 0.1) is 18.6 Å². The topological polar surface area (TPSA) is 52.7 Å². The number of carbonyl (C=O) groups is 2. The van der Waals surface area contributed by atoms with E-state index in [0.29, 0.717) is 12.5 Å². The molecule has 5 heteroatoms. The average Bonchev–Trinajstić information content (AvgIpc) is 3.22. The number of likely N-dealkylation sites (tertiary alicyclic amines) is 2. The van der Waals surface area contributed by atoms with Crippen molar-refractivity contribution in [3.8, 4) is 0 Å². The Labute approximate surface area is 175 Å². The maximum Gasteiger partial charge on any atom is 0.239 e. The minimum absolute atomic E-state index is 0.00452. The van der Waals surface area contributed by atoms with Crippen molar-refractivity contribution in [3.63, 3.8) is 0 Å². The number of hydrogen-bond acceptors (Lipinski definition) is 3. The highest BCUT2D eigenvalue weighted by atomic mass is 16.2. The van der Waals surface area contributed by atoms with Gasteiger partial charge in [0.15, 0.2) is 0 Å². The fourth-order valence-corrected chi connectivity index (χ4v) is 4.58. The van der Waals surface area contributed by atoms with Gasteiger partial charge in [0.25, 0.3) is 0 Å². The van der Waals surface area contributed by atoms with Crippen LogP contribution in [0.4, 0.5) is 0 Å². The molecule has 2 saturated heterocycles. The van der Waals surface area contributed by atoms with Crippen LogP contribution in [0.25, 0.3) is 0 Å². The van der Waals surface area contributed by atoms with Gasteiger partial charge in [-0.2, -0.15) is 0 Å². The predicted octanol–water partition coefficient (Wildman–Crippen LogP) is 3.54. The van der Waals surface area contributed by atoms with Gasteiger partial charge in [-0.1, -0.05) is 44.5 Å². The summed E-state index contributed by atoms with van der Waals surface area (Å²) in [5.74, 6) is 0.868. The molecule has 0 bridgehead atoms. The lowest BCUT2D eigenvalue weighted by Gasteiger charge is -2.36. The van der Waals surface area contributed by atoms with E-state index in [9.17, 15) is 9.59 Å². The summed E-state index contributed by atoms with van der Waals surface area (Å²) >= 11 is 0. The Balaban J connectivity index is 1.54. The third kappa shape index (κ3) is 6.05. The molecule has 1 aromatic rings. The van der Waals surface area contributed by atoms with Crippen molar-refractivity contribution in [1.29, 1.82) is 0 Å². The molecule has 160 valence electrons. The molecule has 29 heavy (non-hydrogen) atoms. The first kappa shape index (κ1) is 21.8. The molecular formula is C24H37N3O2. The highest BCUT2D eigenvalue weighted by Gasteiger charge is 2.33. The summed E-state index contributed by atoms with van der Waals surface area (Å²) in [6.45, 7) is 9.35. The number of hydrogen-bond donors (Lipinski definition) is 1. The largest absolute Gasteiger partial charge is 0.348 e. The van der Waals surface area contributed by atoms with Crippen molar-refractivity contribution in [2.75, 3.05) is 26.2 Å². The van der Waals surface area contributed by atoms with Crippen LogP contribution in [-0.4, -0.2) is 53.8 Å². The van der Waals surface area contributed by atoms with Crippen molar-refractivity contribution >= 4 is 11.8 Å². The van der Waals surface area contributed by atoms with Crippen LogP contribution in [0.2, 0.25) is 0 Å². The monoisotopic (exact) mass is 399 g/mol. The van der Waals surface area contributed by atoms with Crippen molar-refractivity contribution in [1.82, 2.24) is 15.1 Å². The molecule has 5 nitrogen and oxygen atoms in total. The van der Waals surface area contributed by atoms with Gasteiger partial charge in [0.1, 0.15) is 0 Å². The molecule has 2 heterocycles. The number of piperidine rings is 1. The molecule has 3 rings (SSSR count). The minimum Gasteiger partial charge on any atom is -0.348 e. The molecule has 2 unspecified atom stereocenters. The third-order valence-electron chi connectivity index (χ3n) is 6.16. The lowest BCUT2D eigenvalue weighted by molar-refractivity contribution is -0.138. The van der Waals surface area contributed by atoms with Crippen LogP contribution in [0.15, 0.2) is 24.3 Å². The van der Waals surface area contributed by atoms with Gasteiger partial charge in [0.2, 0.25) is 11.8 Å². The summed E-state index contributed by atoms with van der Waals surface area (Å²) in [5, 5.41) is 3.13. The molecule has 1 N–H and O–H groups in total. The Morgan fingerprint density at radius 3 is 2.31 bits per heavy atom. The van der Waals surface area contributed by atoms with Gasteiger partial charge >= 0.3 is 0 Å². The fraction of sp³-hybridized carbons (Fsp3) is 0.667. The number of nitrogens with zero attached hydrogens (tertiary/aromatic N) is 2. The highest BCUT2D eigenvalue weighted by Crippen LogP contribution is 2.21. The SMILES string of the molecule is CC(C)Cc1ccc(C(C)NC(=O)CN2CCCCC2C(=O)N2CCCC2)cc1. The second kappa shape index (κ2) is 10.2. The van der Waals surface area contributed by atoms with Gasteiger partial charge in [-0.15, -0.1) is 0 Å². The van der Waals surface area contributed by atoms with Gasteiger partial charge < -0.3 is 10.2 Å². The first-order chi connectivity index (χ1) is 13.9. The zero-order valence-corrected chi connectivity index (χ0v) is 18.3. The Morgan fingerprint density at radius 2 is 1.66 bits per heavy atom. The number of rotatable bonds is 7. The number of benzene rings is 1. The standard InChI is InChI=1S/C24H37N3O2/c1-18(2)16-20-9-11-21(12-10-20)19(3)25-23(28)17-27-15-5-4-8-22(27)24(29)26-13-6-7-14-26/h9-12,18-19,22H,4-8,13-17H2,1-3H3,(H,25,28). The van der Waals surface area contributed by atoms with Crippen LogP contribution in [-0.2, 0) is 16.0 Å². The van der Waals surface area contributed by atoms with E-state index in [1.54, 1.807) is 0 Å². The van der Waals surface area contributed by atoms with E-state index in [2.05, 4.69) is 48.3 Å². The lowest BCUT2D eigenvalue weighted by atomic mass is 9.99. The molecule has 0 aromatic heterocycles. The maximum absolute atomic E-state index is 12.9. The van der Waals surface area contributed by atoms with E-state index in [1.807, 2.05) is 11.8 Å². The van der Waals surface area contributed by atoms with Crippen molar-refractivity contribution in [3.05, 3.63) is 35.4 Å². The Morgan fingerprint density at radius 1 is 1.00 bits per heavy atom. The Hall–Kier alpha value is -1.88. The number of carbonyl (C=O) groups excluding carboxylic acids is 2. The van der Waals surface area contributed by atoms with E-state index in [0.717, 1.165) is 63.7 Å². The van der Waals surface area contributed by atoms with Crippen LogP contribution < -0.4 is 5.32 Å².